The summed E-state index contributed by atoms with van der Waals surface area (Å²) in [5.74, 6) is 3.12. The number of hydrogen-bond acceptors (Lipinski definition) is 4. The number of ether oxygens (including phenoxy) is 1. The number of aromatic nitrogens is 2. The number of hydrogen-bond donors (Lipinski definition) is 1. The predicted molar refractivity (Wildman–Crippen MR) is 87.0 cm³/mol. The van der Waals surface area contributed by atoms with Crippen LogP contribution in [0.15, 0.2) is 6.07 Å². The molecule has 21 heavy (non-hydrogen) atoms. The second-order valence-corrected chi connectivity index (χ2v) is 5.85. The van der Waals surface area contributed by atoms with Gasteiger partial charge in [-0.3, -0.25) is 0 Å². The number of nitrogens with one attached hydrogen (secondary N) is 1. The molecule has 0 amide bonds. The van der Waals surface area contributed by atoms with E-state index in [1.54, 1.807) is 0 Å². The summed E-state index contributed by atoms with van der Waals surface area (Å²) in [5.41, 5.74) is 0. The first-order valence-corrected chi connectivity index (χ1v) is 8.59. The van der Waals surface area contributed by atoms with Gasteiger partial charge >= 0.3 is 0 Å². The van der Waals surface area contributed by atoms with Crippen LogP contribution in [0.4, 0.5) is 5.82 Å². The number of unbranched alkanes of at least 4 members (excludes halogenated alkanes) is 2. The van der Waals surface area contributed by atoms with Gasteiger partial charge in [0.1, 0.15) is 11.6 Å². The summed E-state index contributed by atoms with van der Waals surface area (Å²) in [5, 5.41) is 3.43. The predicted octanol–water partition coefficient (Wildman–Crippen LogP) is 4.53. The first-order chi connectivity index (χ1) is 10.3. The Morgan fingerprint density at radius 1 is 1.14 bits per heavy atom. The van der Waals surface area contributed by atoms with Crippen LogP contribution in [-0.4, -0.2) is 23.1 Å². The van der Waals surface area contributed by atoms with E-state index in [4.69, 9.17) is 9.72 Å². The molecule has 0 atom stereocenters. The Kier molecular flexibility index (Phi) is 6.77. The van der Waals surface area contributed by atoms with Crippen molar-refractivity contribution in [3.63, 3.8) is 0 Å². The molecule has 2 rings (SSSR count). The van der Waals surface area contributed by atoms with Crippen molar-refractivity contribution in [2.24, 2.45) is 0 Å². The zero-order valence-corrected chi connectivity index (χ0v) is 13.5. The van der Waals surface area contributed by atoms with Crippen molar-refractivity contribution in [2.75, 3.05) is 18.5 Å². The van der Waals surface area contributed by atoms with E-state index in [1.807, 2.05) is 13.0 Å². The SMILES string of the molecule is CCCCCNc1cc(OCC)nc(C2CCCCC2)n1. The maximum absolute atomic E-state index is 5.61. The smallest absolute Gasteiger partial charge is 0.218 e. The van der Waals surface area contributed by atoms with Gasteiger partial charge < -0.3 is 10.1 Å². The normalized spacial score (nSPS) is 15.9. The third-order valence-electron chi connectivity index (χ3n) is 4.07. The summed E-state index contributed by atoms with van der Waals surface area (Å²) in [6.45, 7) is 5.84. The molecular formula is C17H29N3O. The molecule has 1 aromatic heterocycles. The standard InChI is InChI=1S/C17H29N3O/c1-3-5-9-12-18-15-13-16(21-4-2)20-17(19-15)14-10-7-6-8-11-14/h13-14H,3-12H2,1-2H3,(H,18,19,20). The largest absolute Gasteiger partial charge is 0.478 e. The minimum Gasteiger partial charge on any atom is -0.478 e. The van der Waals surface area contributed by atoms with E-state index >= 15 is 0 Å². The first-order valence-electron chi connectivity index (χ1n) is 8.59. The van der Waals surface area contributed by atoms with Gasteiger partial charge in [0.15, 0.2) is 0 Å². The van der Waals surface area contributed by atoms with Crippen molar-refractivity contribution in [1.82, 2.24) is 9.97 Å². The lowest BCUT2D eigenvalue weighted by Gasteiger charge is -2.21. The van der Waals surface area contributed by atoms with Crippen LogP contribution in [0.25, 0.3) is 0 Å². The van der Waals surface area contributed by atoms with Crippen LogP contribution in [0.5, 0.6) is 5.88 Å². The molecule has 1 saturated carbocycles. The van der Waals surface area contributed by atoms with Crippen molar-refractivity contribution < 1.29 is 4.74 Å². The lowest BCUT2D eigenvalue weighted by Crippen LogP contribution is -2.12. The molecule has 0 spiro atoms. The van der Waals surface area contributed by atoms with Crippen LogP contribution in [0, 0.1) is 0 Å². The summed E-state index contributed by atoms with van der Waals surface area (Å²) in [6.07, 6.45) is 10.1. The second kappa shape index (κ2) is 8.85. The monoisotopic (exact) mass is 291 g/mol. The van der Waals surface area contributed by atoms with Crippen molar-refractivity contribution in [3.05, 3.63) is 11.9 Å². The Labute approximate surface area is 128 Å². The number of nitrogens with zero attached hydrogens (tertiary/aromatic N) is 2. The van der Waals surface area contributed by atoms with Gasteiger partial charge in [-0.15, -0.1) is 0 Å². The Balaban J connectivity index is 2.05. The van der Waals surface area contributed by atoms with Crippen LogP contribution in [-0.2, 0) is 0 Å². The fraction of sp³-hybridized carbons (Fsp3) is 0.765. The van der Waals surface area contributed by atoms with E-state index in [2.05, 4.69) is 17.2 Å². The second-order valence-electron chi connectivity index (χ2n) is 5.85. The van der Waals surface area contributed by atoms with Gasteiger partial charge in [-0.25, -0.2) is 4.98 Å². The highest BCUT2D eigenvalue weighted by molar-refractivity contribution is 5.39. The molecule has 1 fully saturated rings. The van der Waals surface area contributed by atoms with Crippen LogP contribution >= 0.6 is 0 Å². The molecule has 1 heterocycles. The minimum absolute atomic E-state index is 0.510. The highest BCUT2D eigenvalue weighted by atomic mass is 16.5. The maximum atomic E-state index is 5.61. The molecule has 4 heteroatoms. The molecule has 0 aromatic carbocycles. The summed E-state index contributed by atoms with van der Waals surface area (Å²) in [6, 6.07) is 1.93. The third-order valence-corrected chi connectivity index (χ3v) is 4.07. The fourth-order valence-corrected chi connectivity index (χ4v) is 2.89. The number of anilines is 1. The Morgan fingerprint density at radius 3 is 2.67 bits per heavy atom. The number of rotatable bonds is 8. The summed E-state index contributed by atoms with van der Waals surface area (Å²) < 4.78 is 5.61. The molecule has 0 aliphatic heterocycles. The molecule has 0 saturated heterocycles. The average Bonchev–Trinajstić information content (AvgIpc) is 2.53. The lowest BCUT2D eigenvalue weighted by atomic mass is 9.89. The van der Waals surface area contributed by atoms with Crippen molar-refractivity contribution in [3.8, 4) is 5.88 Å². The molecule has 118 valence electrons. The van der Waals surface area contributed by atoms with E-state index < -0.39 is 0 Å². The van der Waals surface area contributed by atoms with Gasteiger partial charge in [0.2, 0.25) is 5.88 Å². The molecular weight excluding hydrogens is 262 g/mol. The van der Waals surface area contributed by atoms with Gasteiger partial charge in [0, 0.05) is 18.5 Å². The van der Waals surface area contributed by atoms with Gasteiger partial charge in [0.05, 0.1) is 6.61 Å². The Hall–Kier alpha value is -1.32. The van der Waals surface area contributed by atoms with Crippen molar-refractivity contribution in [2.45, 2.75) is 71.1 Å². The minimum atomic E-state index is 0.510. The van der Waals surface area contributed by atoms with Crippen LogP contribution < -0.4 is 10.1 Å². The summed E-state index contributed by atoms with van der Waals surface area (Å²) >= 11 is 0. The average molecular weight is 291 g/mol. The van der Waals surface area contributed by atoms with E-state index in [1.165, 1.54) is 51.4 Å². The third kappa shape index (κ3) is 5.18. The van der Waals surface area contributed by atoms with E-state index in [-0.39, 0.29) is 0 Å². The molecule has 1 N–H and O–H groups in total. The topological polar surface area (TPSA) is 47.0 Å². The van der Waals surface area contributed by atoms with Crippen molar-refractivity contribution >= 4 is 5.82 Å². The van der Waals surface area contributed by atoms with Gasteiger partial charge in [-0.2, -0.15) is 4.98 Å². The van der Waals surface area contributed by atoms with Crippen molar-refractivity contribution in [1.29, 1.82) is 0 Å². The molecule has 1 aliphatic rings. The zero-order valence-electron chi connectivity index (χ0n) is 13.5. The molecule has 0 unspecified atom stereocenters. The maximum Gasteiger partial charge on any atom is 0.218 e. The molecule has 1 aliphatic carbocycles. The molecule has 1 aromatic rings. The molecule has 0 radical (unpaired) electrons. The lowest BCUT2D eigenvalue weighted by molar-refractivity contribution is 0.322. The fourth-order valence-electron chi connectivity index (χ4n) is 2.89. The zero-order chi connectivity index (χ0) is 14.9. The van der Waals surface area contributed by atoms with E-state index in [0.29, 0.717) is 18.4 Å². The van der Waals surface area contributed by atoms with E-state index in [9.17, 15) is 0 Å². The van der Waals surface area contributed by atoms with Crippen LogP contribution in [0.2, 0.25) is 0 Å². The first kappa shape index (κ1) is 16.1. The summed E-state index contributed by atoms with van der Waals surface area (Å²) in [4.78, 5) is 9.35. The van der Waals surface area contributed by atoms with Gasteiger partial charge in [-0.1, -0.05) is 39.0 Å². The van der Waals surface area contributed by atoms with Gasteiger partial charge in [0.25, 0.3) is 0 Å². The highest BCUT2D eigenvalue weighted by Crippen LogP contribution is 2.32. The van der Waals surface area contributed by atoms with Crippen LogP contribution in [0.3, 0.4) is 0 Å². The molecule has 0 bridgehead atoms. The summed E-state index contributed by atoms with van der Waals surface area (Å²) in [7, 11) is 0. The quantitative estimate of drug-likeness (QED) is 0.715. The van der Waals surface area contributed by atoms with E-state index in [0.717, 1.165) is 18.2 Å². The van der Waals surface area contributed by atoms with Gasteiger partial charge in [-0.05, 0) is 26.2 Å². The highest BCUT2D eigenvalue weighted by Gasteiger charge is 2.19. The Morgan fingerprint density at radius 2 is 1.95 bits per heavy atom. The molecule has 4 nitrogen and oxygen atoms in total. The Bertz CT molecular complexity index is 416. The van der Waals surface area contributed by atoms with Crippen LogP contribution in [0.1, 0.15) is 77.0 Å².